The first-order valence-corrected chi connectivity index (χ1v) is 11.3. The number of fused-ring (bicyclic) bond motifs is 3. The Morgan fingerprint density at radius 1 is 1.06 bits per heavy atom. The zero-order valence-electron chi connectivity index (χ0n) is 18.8. The summed E-state index contributed by atoms with van der Waals surface area (Å²) in [4.78, 5) is 38.5. The van der Waals surface area contributed by atoms with E-state index in [0.29, 0.717) is 11.1 Å². The number of Topliss-reactive ketones (excluding diaryl/α,β-unsaturated/α-hetero) is 2. The molecular formula is C26H25NO8. The summed E-state index contributed by atoms with van der Waals surface area (Å²) >= 11 is 0. The molecule has 2 aromatic rings. The summed E-state index contributed by atoms with van der Waals surface area (Å²) < 4.78 is 0. The van der Waals surface area contributed by atoms with Crippen LogP contribution in [0.1, 0.15) is 35.2 Å². The monoisotopic (exact) mass is 479 g/mol. The molecule has 182 valence electrons. The van der Waals surface area contributed by atoms with Crippen LogP contribution in [0.25, 0.3) is 11.1 Å². The van der Waals surface area contributed by atoms with Gasteiger partial charge in [0.05, 0.1) is 17.8 Å². The van der Waals surface area contributed by atoms with Crippen molar-refractivity contribution in [3.63, 3.8) is 0 Å². The Morgan fingerprint density at radius 3 is 2.34 bits per heavy atom. The number of aliphatic hydroxyl groups excluding tert-OH is 3. The van der Waals surface area contributed by atoms with Gasteiger partial charge in [0.15, 0.2) is 17.2 Å². The number of aromatic hydroxyl groups is 1. The fourth-order valence-electron chi connectivity index (χ4n) is 6.13. The Bertz CT molecular complexity index is 1300. The van der Waals surface area contributed by atoms with E-state index in [1.165, 1.54) is 6.07 Å². The van der Waals surface area contributed by atoms with Gasteiger partial charge in [-0.1, -0.05) is 37.3 Å². The van der Waals surface area contributed by atoms with Gasteiger partial charge in [-0.2, -0.15) is 0 Å². The van der Waals surface area contributed by atoms with Crippen molar-refractivity contribution >= 4 is 17.5 Å². The molecule has 1 amide bonds. The largest absolute Gasteiger partial charge is 0.508 e. The fraction of sp³-hybridized carbons (Fsp3) is 0.346. The van der Waals surface area contributed by atoms with Gasteiger partial charge in [-0.3, -0.25) is 14.4 Å². The summed E-state index contributed by atoms with van der Waals surface area (Å²) in [7, 11) is 0. The highest BCUT2D eigenvalue weighted by Gasteiger charge is 2.66. The second-order valence-corrected chi connectivity index (χ2v) is 9.64. The number of carbonyl (C=O) groups excluding carboxylic acids is 3. The summed E-state index contributed by atoms with van der Waals surface area (Å²) in [5, 5.41) is 55.0. The summed E-state index contributed by atoms with van der Waals surface area (Å²) in [6.07, 6.45) is -3.48. The van der Waals surface area contributed by atoms with Crippen LogP contribution in [0, 0.1) is 17.8 Å². The van der Waals surface area contributed by atoms with Gasteiger partial charge in [-0.25, -0.2) is 0 Å². The molecule has 0 heterocycles. The van der Waals surface area contributed by atoms with E-state index < -0.39 is 76.7 Å². The average Bonchev–Trinajstić information content (AvgIpc) is 2.81. The average molecular weight is 479 g/mol. The van der Waals surface area contributed by atoms with Gasteiger partial charge < -0.3 is 31.3 Å². The third-order valence-corrected chi connectivity index (χ3v) is 7.87. The number of ketones is 2. The number of aliphatic hydroxyl groups is 4. The zero-order chi connectivity index (χ0) is 25.4. The number of hydrogen-bond donors (Lipinski definition) is 6. The highest BCUT2D eigenvalue weighted by Crippen LogP contribution is 2.55. The van der Waals surface area contributed by atoms with Crippen LogP contribution in [0.5, 0.6) is 5.75 Å². The molecule has 0 saturated heterocycles. The molecule has 9 nitrogen and oxygen atoms in total. The summed E-state index contributed by atoms with van der Waals surface area (Å²) in [6.45, 7) is 1.71. The van der Waals surface area contributed by atoms with Crippen LogP contribution in [0.4, 0.5) is 0 Å². The number of nitrogens with two attached hydrogens (primary N) is 1. The molecule has 0 spiro atoms. The van der Waals surface area contributed by atoms with Crippen LogP contribution in [0.15, 0.2) is 53.8 Å². The van der Waals surface area contributed by atoms with Gasteiger partial charge in [0.25, 0.3) is 0 Å². The summed E-state index contributed by atoms with van der Waals surface area (Å²) in [5.74, 6) is -9.46. The molecule has 2 unspecified atom stereocenters. The molecule has 35 heavy (non-hydrogen) atoms. The van der Waals surface area contributed by atoms with Crippen molar-refractivity contribution in [2.24, 2.45) is 23.5 Å². The SMILES string of the molecule is C[C@H]1c2cc(-c3ccccc3)cc(O)c2C(=O)C2=C(O)[C@]3(O)C(=O)C(C(N)=O)C(O)C[C@@H]3[C@@H](O)[C@@H]21. The molecule has 9 heteroatoms. The van der Waals surface area contributed by atoms with E-state index in [9.17, 15) is 39.9 Å². The zero-order valence-corrected chi connectivity index (χ0v) is 18.8. The number of phenols is 1. The molecule has 1 saturated carbocycles. The maximum absolute atomic E-state index is 13.6. The van der Waals surface area contributed by atoms with E-state index in [2.05, 4.69) is 0 Å². The molecule has 7 atom stereocenters. The Morgan fingerprint density at radius 2 is 1.71 bits per heavy atom. The molecule has 3 aliphatic carbocycles. The van der Waals surface area contributed by atoms with Gasteiger partial charge >= 0.3 is 0 Å². The molecule has 0 aromatic heterocycles. The van der Waals surface area contributed by atoms with Gasteiger partial charge in [-0.15, -0.1) is 0 Å². The second kappa shape index (κ2) is 7.74. The highest BCUT2D eigenvalue weighted by atomic mass is 16.4. The molecule has 0 bridgehead atoms. The first-order chi connectivity index (χ1) is 16.5. The number of primary amides is 1. The van der Waals surface area contributed by atoms with E-state index >= 15 is 0 Å². The van der Waals surface area contributed by atoms with Crippen LogP contribution in [-0.2, 0) is 9.59 Å². The molecular weight excluding hydrogens is 454 g/mol. The Labute approximate surface area is 200 Å². The molecule has 3 aliphatic rings. The molecule has 5 rings (SSSR count). The minimum Gasteiger partial charge on any atom is -0.508 e. The second-order valence-electron chi connectivity index (χ2n) is 9.64. The van der Waals surface area contributed by atoms with Crippen molar-refractivity contribution in [2.75, 3.05) is 0 Å². The number of benzene rings is 2. The number of amides is 1. The minimum absolute atomic E-state index is 0.0982. The van der Waals surface area contributed by atoms with Crippen molar-refractivity contribution in [1.82, 2.24) is 0 Å². The topological polar surface area (TPSA) is 178 Å². The Balaban J connectivity index is 1.71. The van der Waals surface area contributed by atoms with Crippen molar-refractivity contribution in [2.45, 2.75) is 37.1 Å². The first kappa shape index (κ1) is 23.2. The van der Waals surface area contributed by atoms with E-state index in [0.717, 1.165) is 5.56 Å². The standard InChI is InChI=1S/C26H25NO8/c1-10-13-7-12(11-5-3-2-4-6-11)8-15(28)18(13)22(31)20-17(10)21(30)14-9-16(29)19(25(27)34)23(32)26(14,35)24(20)33/h2-8,10,14,16-17,19,21,28-30,33,35H,9H2,1H3,(H2,27,34)/t10-,14+,16?,17+,19?,21+,26+/m0/s1. The van der Waals surface area contributed by atoms with E-state index in [1.54, 1.807) is 13.0 Å². The summed E-state index contributed by atoms with van der Waals surface area (Å²) in [6, 6.07) is 12.3. The minimum atomic E-state index is -2.78. The van der Waals surface area contributed by atoms with Gasteiger partial charge in [0.1, 0.15) is 17.4 Å². The van der Waals surface area contributed by atoms with Gasteiger partial charge in [0.2, 0.25) is 5.91 Å². The molecule has 0 aliphatic heterocycles. The lowest BCUT2D eigenvalue weighted by molar-refractivity contribution is -0.179. The lowest BCUT2D eigenvalue weighted by atomic mass is 9.54. The number of phenolic OH excluding ortho intramolecular Hbond substituents is 1. The fourth-order valence-corrected chi connectivity index (χ4v) is 6.13. The van der Waals surface area contributed by atoms with Gasteiger partial charge in [0, 0.05) is 17.4 Å². The third-order valence-electron chi connectivity index (χ3n) is 7.87. The molecule has 7 N–H and O–H groups in total. The highest BCUT2D eigenvalue weighted by molar-refractivity contribution is 6.16. The Hall–Kier alpha value is -3.53. The van der Waals surface area contributed by atoms with Crippen molar-refractivity contribution < 1.29 is 39.9 Å². The molecule has 2 aromatic carbocycles. The van der Waals surface area contributed by atoms with Crippen LogP contribution in [0.3, 0.4) is 0 Å². The maximum atomic E-state index is 13.6. The van der Waals surface area contributed by atoms with E-state index in [4.69, 9.17) is 5.73 Å². The quantitative estimate of drug-likeness (QED) is 0.345. The molecule has 0 radical (unpaired) electrons. The lowest BCUT2D eigenvalue weighted by Gasteiger charge is -2.52. The smallest absolute Gasteiger partial charge is 0.230 e. The van der Waals surface area contributed by atoms with Crippen molar-refractivity contribution in [1.29, 1.82) is 0 Å². The van der Waals surface area contributed by atoms with E-state index in [1.807, 2.05) is 30.3 Å². The maximum Gasteiger partial charge on any atom is 0.230 e. The number of hydrogen-bond acceptors (Lipinski definition) is 8. The van der Waals surface area contributed by atoms with Crippen molar-refractivity contribution in [3.05, 3.63) is 64.9 Å². The van der Waals surface area contributed by atoms with Gasteiger partial charge in [-0.05, 0) is 41.2 Å². The van der Waals surface area contributed by atoms with Crippen LogP contribution in [0.2, 0.25) is 0 Å². The van der Waals surface area contributed by atoms with Crippen LogP contribution < -0.4 is 5.73 Å². The number of carbonyl (C=O) groups is 3. The van der Waals surface area contributed by atoms with Crippen LogP contribution in [-0.4, -0.2) is 60.8 Å². The predicted octanol–water partition coefficient (Wildman–Crippen LogP) is 0.944. The van der Waals surface area contributed by atoms with Crippen molar-refractivity contribution in [3.8, 4) is 16.9 Å². The first-order valence-electron chi connectivity index (χ1n) is 11.3. The third kappa shape index (κ3) is 3.02. The van der Waals surface area contributed by atoms with E-state index in [-0.39, 0.29) is 11.3 Å². The Kier molecular flexibility index (Phi) is 5.14. The normalized spacial score (nSPS) is 34.2. The lowest BCUT2D eigenvalue weighted by Crippen LogP contribution is -2.67. The van der Waals surface area contributed by atoms with Crippen LogP contribution >= 0.6 is 0 Å². The summed E-state index contributed by atoms with van der Waals surface area (Å²) in [5.41, 5.74) is 3.85. The number of rotatable bonds is 2. The predicted molar refractivity (Wildman–Crippen MR) is 122 cm³/mol. The molecule has 1 fully saturated rings.